The van der Waals surface area contributed by atoms with Gasteiger partial charge in [0.2, 0.25) is 0 Å². The Kier molecular flexibility index (Phi) is 6.14. The molecule has 1 atom stereocenters. The van der Waals surface area contributed by atoms with Crippen LogP contribution in [0.15, 0.2) is 29.6 Å². The van der Waals surface area contributed by atoms with E-state index in [2.05, 4.69) is 10.3 Å². The van der Waals surface area contributed by atoms with E-state index in [1.54, 1.807) is 38.3 Å². The Balaban J connectivity index is 1.77. The average molecular weight is 350 g/mol. The zero-order valence-corrected chi connectivity index (χ0v) is 14.1. The van der Waals surface area contributed by atoms with Crippen LogP contribution < -0.4 is 14.8 Å². The molecule has 8 heteroatoms. The number of amides is 1. The normalized spacial score (nSPS) is 11.6. The lowest BCUT2D eigenvalue weighted by Crippen LogP contribution is -2.37. The van der Waals surface area contributed by atoms with E-state index in [-0.39, 0.29) is 11.6 Å². The van der Waals surface area contributed by atoms with Gasteiger partial charge in [-0.1, -0.05) is 0 Å². The molecule has 1 aromatic carbocycles. The summed E-state index contributed by atoms with van der Waals surface area (Å²) in [6.45, 7) is 2.02. The molecule has 1 heterocycles. The van der Waals surface area contributed by atoms with Gasteiger partial charge in [-0.3, -0.25) is 4.79 Å². The number of hydrogen-bond acceptors (Lipinski definition) is 6. The number of benzene rings is 1. The van der Waals surface area contributed by atoms with Crippen LogP contribution in [0.5, 0.6) is 11.5 Å². The Morgan fingerprint density at radius 3 is 2.54 bits per heavy atom. The maximum atomic E-state index is 12.0. The van der Waals surface area contributed by atoms with Gasteiger partial charge in [-0.25, -0.2) is 9.78 Å². The van der Waals surface area contributed by atoms with E-state index < -0.39 is 12.1 Å². The fraction of sp³-hybridized carbons (Fsp3) is 0.312. The van der Waals surface area contributed by atoms with Gasteiger partial charge in [-0.2, -0.15) is 0 Å². The number of nitrogens with zero attached hydrogens (tertiary/aromatic N) is 1. The number of aromatic carboxylic acids is 1. The number of methoxy groups -OCH3 is 1. The number of hydrogen-bond donors (Lipinski definition) is 2. The Hall–Kier alpha value is -2.61. The molecule has 0 aliphatic carbocycles. The van der Waals surface area contributed by atoms with Crippen LogP contribution in [0.2, 0.25) is 0 Å². The van der Waals surface area contributed by atoms with Gasteiger partial charge in [0.15, 0.2) is 11.8 Å². The highest BCUT2D eigenvalue weighted by Gasteiger charge is 2.15. The molecule has 2 aromatic rings. The van der Waals surface area contributed by atoms with Crippen LogP contribution in [0.1, 0.15) is 22.4 Å². The minimum absolute atomic E-state index is 0.0255. The maximum Gasteiger partial charge on any atom is 0.355 e. The number of rotatable bonds is 8. The predicted molar refractivity (Wildman–Crippen MR) is 88.9 cm³/mol. The predicted octanol–water partition coefficient (Wildman–Crippen LogP) is 1.98. The Labute approximate surface area is 143 Å². The van der Waals surface area contributed by atoms with Crippen molar-refractivity contribution in [1.29, 1.82) is 0 Å². The zero-order chi connectivity index (χ0) is 17.5. The van der Waals surface area contributed by atoms with Crippen LogP contribution in [0.25, 0.3) is 0 Å². The highest BCUT2D eigenvalue weighted by molar-refractivity contribution is 7.09. The van der Waals surface area contributed by atoms with Crippen molar-refractivity contribution >= 4 is 23.2 Å². The summed E-state index contributed by atoms with van der Waals surface area (Å²) in [5, 5.41) is 13.7. The number of aromatic nitrogens is 1. The first-order valence-corrected chi connectivity index (χ1v) is 8.13. The van der Waals surface area contributed by atoms with Gasteiger partial charge in [0, 0.05) is 18.3 Å². The van der Waals surface area contributed by atoms with Crippen molar-refractivity contribution in [3.63, 3.8) is 0 Å². The van der Waals surface area contributed by atoms with Crippen molar-refractivity contribution in [1.82, 2.24) is 10.3 Å². The summed E-state index contributed by atoms with van der Waals surface area (Å²) in [4.78, 5) is 26.7. The number of carbonyl (C=O) groups excluding carboxylic acids is 1. The van der Waals surface area contributed by atoms with E-state index >= 15 is 0 Å². The highest BCUT2D eigenvalue weighted by Crippen LogP contribution is 2.18. The molecule has 0 fully saturated rings. The van der Waals surface area contributed by atoms with Gasteiger partial charge in [-0.15, -0.1) is 11.3 Å². The standard InChI is InChI=1S/C16H18N2O5S/c1-10(23-12-5-3-11(22-2)4-6-12)15(19)17-8-7-14-18-13(9-24-14)16(20)21/h3-6,9-10H,7-8H2,1-2H3,(H,17,19)(H,20,21). The SMILES string of the molecule is COc1ccc(OC(C)C(=O)NCCc2nc(C(=O)O)cs2)cc1. The molecular weight excluding hydrogens is 332 g/mol. The molecule has 0 aliphatic rings. The molecular formula is C16H18N2O5S. The molecule has 0 saturated carbocycles. The second kappa shape index (κ2) is 8.30. The summed E-state index contributed by atoms with van der Waals surface area (Å²) in [5.41, 5.74) is 0.0255. The Morgan fingerprint density at radius 2 is 1.96 bits per heavy atom. The lowest BCUT2D eigenvalue weighted by atomic mass is 10.3. The fourth-order valence-corrected chi connectivity index (χ4v) is 2.64. The third-order valence-corrected chi connectivity index (χ3v) is 4.06. The molecule has 0 radical (unpaired) electrons. The minimum Gasteiger partial charge on any atom is -0.497 e. The number of carbonyl (C=O) groups is 2. The number of thiazole rings is 1. The number of carboxylic acid groups (broad SMARTS) is 1. The number of ether oxygens (including phenoxy) is 2. The molecule has 1 aromatic heterocycles. The second-order valence-corrected chi connectivity index (χ2v) is 5.85. The van der Waals surface area contributed by atoms with Gasteiger partial charge in [-0.05, 0) is 31.2 Å². The fourth-order valence-electron chi connectivity index (χ4n) is 1.87. The van der Waals surface area contributed by atoms with Crippen LogP contribution >= 0.6 is 11.3 Å². The first-order chi connectivity index (χ1) is 11.5. The number of carboxylic acids is 1. The first-order valence-electron chi connectivity index (χ1n) is 7.25. The number of nitrogens with one attached hydrogen (secondary N) is 1. The highest BCUT2D eigenvalue weighted by atomic mass is 32.1. The van der Waals surface area contributed by atoms with Gasteiger partial charge < -0.3 is 19.9 Å². The van der Waals surface area contributed by atoms with Crippen molar-refractivity contribution in [2.24, 2.45) is 0 Å². The van der Waals surface area contributed by atoms with E-state index in [4.69, 9.17) is 14.6 Å². The third kappa shape index (κ3) is 4.95. The smallest absolute Gasteiger partial charge is 0.355 e. The minimum atomic E-state index is -1.05. The van der Waals surface area contributed by atoms with E-state index in [1.807, 2.05) is 0 Å². The van der Waals surface area contributed by atoms with Crippen molar-refractivity contribution in [3.8, 4) is 11.5 Å². The lowest BCUT2D eigenvalue weighted by molar-refractivity contribution is -0.127. The van der Waals surface area contributed by atoms with E-state index in [9.17, 15) is 9.59 Å². The summed E-state index contributed by atoms with van der Waals surface area (Å²) < 4.78 is 10.6. The van der Waals surface area contributed by atoms with E-state index in [0.717, 1.165) is 0 Å². The topological polar surface area (TPSA) is 97.8 Å². The molecule has 0 bridgehead atoms. The van der Waals surface area contributed by atoms with Crippen LogP contribution in [0.4, 0.5) is 0 Å². The summed E-state index contributed by atoms with van der Waals surface area (Å²) in [6.07, 6.45) is -0.178. The van der Waals surface area contributed by atoms with Crippen LogP contribution in [-0.4, -0.2) is 41.7 Å². The molecule has 2 rings (SSSR count). The van der Waals surface area contributed by atoms with Crippen molar-refractivity contribution in [2.75, 3.05) is 13.7 Å². The van der Waals surface area contributed by atoms with Crippen LogP contribution in [-0.2, 0) is 11.2 Å². The summed E-state index contributed by atoms with van der Waals surface area (Å²) >= 11 is 1.26. The third-order valence-electron chi connectivity index (χ3n) is 3.15. The molecule has 0 spiro atoms. The van der Waals surface area contributed by atoms with E-state index in [0.29, 0.717) is 29.5 Å². The Morgan fingerprint density at radius 1 is 1.29 bits per heavy atom. The molecule has 1 unspecified atom stereocenters. The first kappa shape index (κ1) is 17.7. The monoisotopic (exact) mass is 350 g/mol. The molecule has 24 heavy (non-hydrogen) atoms. The van der Waals surface area contributed by atoms with Crippen molar-refractivity contribution in [2.45, 2.75) is 19.4 Å². The average Bonchev–Trinajstić information content (AvgIpc) is 3.04. The Bertz CT molecular complexity index is 699. The second-order valence-electron chi connectivity index (χ2n) is 4.91. The molecule has 1 amide bonds. The van der Waals surface area contributed by atoms with E-state index in [1.165, 1.54) is 16.7 Å². The molecule has 0 aliphatic heterocycles. The van der Waals surface area contributed by atoms with Gasteiger partial charge in [0.05, 0.1) is 12.1 Å². The van der Waals surface area contributed by atoms with Gasteiger partial charge >= 0.3 is 5.97 Å². The lowest BCUT2D eigenvalue weighted by Gasteiger charge is -2.14. The van der Waals surface area contributed by atoms with Crippen LogP contribution in [0.3, 0.4) is 0 Å². The van der Waals surface area contributed by atoms with Gasteiger partial charge in [0.1, 0.15) is 11.5 Å². The van der Waals surface area contributed by atoms with Crippen molar-refractivity contribution in [3.05, 3.63) is 40.3 Å². The molecule has 0 saturated heterocycles. The quantitative estimate of drug-likeness (QED) is 0.755. The molecule has 7 nitrogen and oxygen atoms in total. The van der Waals surface area contributed by atoms with Gasteiger partial charge in [0.25, 0.3) is 5.91 Å². The summed E-state index contributed by atoms with van der Waals surface area (Å²) in [6, 6.07) is 6.96. The van der Waals surface area contributed by atoms with Crippen LogP contribution in [0, 0.1) is 0 Å². The molecule has 2 N–H and O–H groups in total. The molecule has 128 valence electrons. The maximum absolute atomic E-state index is 12.0. The zero-order valence-electron chi connectivity index (χ0n) is 13.3. The summed E-state index contributed by atoms with van der Waals surface area (Å²) in [5.74, 6) is -0.0167. The summed E-state index contributed by atoms with van der Waals surface area (Å²) in [7, 11) is 1.58. The largest absolute Gasteiger partial charge is 0.497 e. The van der Waals surface area contributed by atoms with Crippen molar-refractivity contribution < 1.29 is 24.2 Å².